The predicted octanol–water partition coefficient (Wildman–Crippen LogP) is 3.41. The Labute approximate surface area is 183 Å². The van der Waals surface area contributed by atoms with Crippen molar-refractivity contribution in [1.29, 1.82) is 0 Å². The van der Waals surface area contributed by atoms with Crippen molar-refractivity contribution < 1.29 is 21.6 Å². The van der Waals surface area contributed by atoms with Crippen LogP contribution in [0.4, 0.5) is 0 Å². The maximum Gasteiger partial charge on any atom is 0.241 e. The summed E-state index contributed by atoms with van der Waals surface area (Å²) in [5, 5.41) is 0. The first kappa shape index (κ1) is 22.9. The summed E-state index contributed by atoms with van der Waals surface area (Å²) in [6.45, 7) is 3.73. The summed E-state index contributed by atoms with van der Waals surface area (Å²) in [6.07, 6.45) is 4.47. The second-order valence-electron chi connectivity index (χ2n) is 7.26. The monoisotopic (exact) mass is 460 g/mol. The Morgan fingerprint density at radius 2 is 1.74 bits per heavy atom. The molecule has 9 heteroatoms. The lowest BCUT2D eigenvalue weighted by Crippen LogP contribution is -2.27. The number of ether oxygens (including phenoxy) is 1. The van der Waals surface area contributed by atoms with Gasteiger partial charge in [0.2, 0.25) is 10.0 Å². The Balaban J connectivity index is 1.72. The lowest BCUT2D eigenvalue weighted by Gasteiger charge is -2.17. The minimum Gasteiger partial charge on any atom is -0.489 e. The molecular weight excluding hydrogens is 436 g/mol. The highest BCUT2D eigenvalue weighted by Crippen LogP contribution is 2.24. The van der Waals surface area contributed by atoms with Gasteiger partial charge in [-0.3, -0.25) is 4.98 Å². The molecule has 164 valence electrons. The van der Waals surface area contributed by atoms with Crippen molar-refractivity contribution in [3.63, 3.8) is 0 Å². The first-order valence-electron chi connectivity index (χ1n) is 9.51. The summed E-state index contributed by atoms with van der Waals surface area (Å²) in [7, 11) is -7.45. The average Bonchev–Trinajstić information content (AvgIpc) is 2.72. The van der Waals surface area contributed by atoms with Crippen LogP contribution in [0, 0.1) is 6.92 Å². The SMILES string of the molecule is Cc1ccc(S(C)(=O)=O)cc1S(=O)(=O)NC(C)c1ccc(OCc2cccnc2)cc1. The molecular formula is C22H24N2O5S2. The number of sulfonamides is 1. The molecule has 2 aromatic carbocycles. The molecule has 3 rings (SSSR count). The van der Waals surface area contributed by atoms with Crippen molar-refractivity contribution >= 4 is 19.9 Å². The molecule has 1 N–H and O–H groups in total. The molecule has 0 aliphatic heterocycles. The molecule has 0 aliphatic carbocycles. The number of nitrogens with one attached hydrogen (secondary N) is 1. The fourth-order valence-electron chi connectivity index (χ4n) is 2.97. The summed E-state index contributed by atoms with van der Waals surface area (Å²) in [6, 6.07) is 14.4. The number of rotatable bonds is 8. The topological polar surface area (TPSA) is 102 Å². The van der Waals surface area contributed by atoms with Gasteiger partial charge < -0.3 is 4.74 Å². The second kappa shape index (κ2) is 9.17. The molecule has 0 spiro atoms. The first-order valence-corrected chi connectivity index (χ1v) is 12.9. The van der Waals surface area contributed by atoms with Crippen LogP contribution in [0.1, 0.15) is 29.7 Å². The molecule has 0 fully saturated rings. The largest absolute Gasteiger partial charge is 0.489 e. The standard InChI is InChI=1S/C22H24N2O5S2/c1-16-6-11-21(30(3,25)26)13-22(16)31(27,28)24-17(2)19-7-9-20(10-8-19)29-15-18-5-4-12-23-14-18/h4-14,17,24H,15H2,1-3H3. The minimum atomic E-state index is -3.93. The zero-order chi connectivity index (χ0) is 22.6. The Bertz CT molecular complexity index is 1260. The van der Waals surface area contributed by atoms with E-state index in [2.05, 4.69) is 9.71 Å². The molecule has 7 nitrogen and oxygen atoms in total. The number of hydrogen-bond donors (Lipinski definition) is 1. The maximum absolute atomic E-state index is 12.9. The molecule has 1 atom stereocenters. The van der Waals surface area contributed by atoms with Crippen molar-refractivity contribution in [2.75, 3.05) is 6.26 Å². The van der Waals surface area contributed by atoms with E-state index in [4.69, 9.17) is 4.74 Å². The first-order chi connectivity index (χ1) is 14.6. The van der Waals surface area contributed by atoms with Gasteiger partial charge >= 0.3 is 0 Å². The third-order valence-electron chi connectivity index (χ3n) is 4.72. The molecule has 0 saturated heterocycles. The highest BCUT2D eigenvalue weighted by molar-refractivity contribution is 7.91. The van der Waals surface area contributed by atoms with Gasteiger partial charge in [-0.25, -0.2) is 21.6 Å². The molecule has 0 saturated carbocycles. The van der Waals surface area contributed by atoms with Crippen molar-refractivity contribution in [2.45, 2.75) is 36.3 Å². The van der Waals surface area contributed by atoms with E-state index in [-0.39, 0.29) is 9.79 Å². The van der Waals surface area contributed by atoms with Gasteiger partial charge in [-0.05, 0) is 55.3 Å². The number of aromatic nitrogens is 1. The van der Waals surface area contributed by atoms with Crippen LogP contribution >= 0.6 is 0 Å². The number of sulfone groups is 1. The molecule has 1 heterocycles. The molecule has 0 bridgehead atoms. The molecule has 0 amide bonds. The van der Waals surface area contributed by atoms with Gasteiger partial charge in [-0.15, -0.1) is 0 Å². The van der Waals surface area contributed by atoms with Crippen LogP contribution in [-0.2, 0) is 26.5 Å². The quantitative estimate of drug-likeness (QED) is 0.553. The van der Waals surface area contributed by atoms with Gasteiger partial charge in [0.1, 0.15) is 12.4 Å². The molecule has 0 radical (unpaired) electrons. The predicted molar refractivity (Wildman–Crippen MR) is 118 cm³/mol. The van der Waals surface area contributed by atoms with Crippen molar-refractivity contribution in [3.8, 4) is 5.75 Å². The van der Waals surface area contributed by atoms with Gasteiger partial charge in [-0.1, -0.05) is 24.3 Å². The Morgan fingerprint density at radius 1 is 1.03 bits per heavy atom. The second-order valence-corrected chi connectivity index (χ2v) is 11.0. The third-order valence-corrected chi connectivity index (χ3v) is 7.51. The van der Waals surface area contributed by atoms with E-state index < -0.39 is 25.9 Å². The molecule has 1 aromatic heterocycles. The molecule has 0 aliphatic rings. The van der Waals surface area contributed by atoms with Gasteiger partial charge in [0.15, 0.2) is 9.84 Å². The van der Waals surface area contributed by atoms with Crippen LogP contribution in [-0.4, -0.2) is 28.1 Å². The Kier molecular flexibility index (Phi) is 6.78. The number of benzene rings is 2. The van der Waals surface area contributed by atoms with Gasteiger partial charge in [0.05, 0.1) is 9.79 Å². The summed E-state index contributed by atoms with van der Waals surface area (Å²) in [4.78, 5) is 3.94. The Morgan fingerprint density at radius 3 is 2.35 bits per heavy atom. The maximum atomic E-state index is 12.9. The average molecular weight is 461 g/mol. The lowest BCUT2D eigenvalue weighted by atomic mass is 10.1. The Hall–Kier alpha value is -2.75. The fourth-order valence-corrected chi connectivity index (χ4v) is 5.19. The van der Waals surface area contributed by atoms with Gasteiger partial charge in [0, 0.05) is 30.3 Å². The number of hydrogen-bond acceptors (Lipinski definition) is 6. The van der Waals surface area contributed by atoms with Crippen LogP contribution in [0.5, 0.6) is 5.75 Å². The van der Waals surface area contributed by atoms with Crippen LogP contribution < -0.4 is 9.46 Å². The van der Waals surface area contributed by atoms with E-state index in [0.717, 1.165) is 17.4 Å². The normalized spacial score (nSPS) is 13.0. The van der Waals surface area contributed by atoms with E-state index >= 15 is 0 Å². The zero-order valence-electron chi connectivity index (χ0n) is 17.4. The summed E-state index contributed by atoms with van der Waals surface area (Å²) >= 11 is 0. The highest BCUT2D eigenvalue weighted by atomic mass is 32.2. The van der Waals surface area contributed by atoms with E-state index in [9.17, 15) is 16.8 Å². The number of nitrogens with zero attached hydrogens (tertiary/aromatic N) is 1. The molecule has 31 heavy (non-hydrogen) atoms. The van der Waals surface area contributed by atoms with E-state index in [1.54, 1.807) is 50.5 Å². The van der Waals surface area contributed by atoms with Gasteiger partial charge in [-0.2, -0.15) is 0 Å². The zero-order valence-corrected chi connectivity index (χ0v) is 19.1. The van der Waals surface area contributed by atoms with Crippen molar-refractivity contribution in [2.24, 2.45) is 0 Å². The van der Waals surface area contributed by atoms with Crippen LogP contribution in [0.25, 0.3) is 0 Å². The number of pyridine rings is 1. The van der Waals surface area contributed by atoms with E-state index in [1.807, 2.05) is 12.1 Å². The third kappa shape index (κ3) is 5.90. The van der Waals surface area contributed by atoms with Crippen LogP contribution in [0.15, 0.2) is 76.8 Å². The lowest BCUT2D eigenvalue weighted by molar-refractivity contribution is 0.305. The van der Waals surface area contributed by atoms with E-state index in [1.165, 1.54) is 18.2 Å². The van der Waals surface area contributed by atoms with Crippen molar-refractivity contribution in [1.82, 2.24) is 9.71 Å². The minimum absolute atomic E-state index is 0.0405. The summed E-state index contributed by atoms with van der Waals surface area (Å²) < 4.78 is 57.8. The fraction of sp³-hybridized carbons (Fsp3) is 0.227. The summed E-state index contributed by atoms with van der Waals surface area (Å²) in [5.74, 6) is 0.652. The summed E-state index contributed by atoms with van der Waals surface area (Å²) in [5.41, 5.74) is 2.15. The van der Waals surface area contributed by atoms with E-state index in [0.29, 0.717) is 17.9 Å². The molecule has 3 aromatic rings. The molecule has 1 unspecified atom stereocenters. The van der Waals surface area contributed by atoms with Crippen LogP contribution in [0.3, 0.4) is 0 Å². The van der Waals surface area contributed by atoms with Crippen molar-refractivity contribution in [3.05, 3.63) is 83.7 Å². The smallest absolute Gasteiger partial charge is 0.241 e. The number of aryl methyl sites for hydroxylation is 1. The highest BCUT2D eigenvalue weighted by Gasteiger charge is 2.22. The van der Waals surface area contributed by atoms with Gasteiger partial charge in [0.25, 0.3) is 0 Å². The van der Waals surface area contributed by atoms with Crippen LogP contribution in [0.2, 0.25) is 0 Å².